The van der Waals surface area contributed by atoms with Crippen LogP contribution in [0.5, 0.6) is 0 Å². The number of unbranched alkanes of at least 4 members (excludes halogenated alkanes) is 1. The molecule has 1 aliphatic rings. The van der Waals surface area contributed by atoms with Gasteiger partial charge in [-0.2, -0.15) is 0 Å². The number of halogens is 1. The highest BCUT2D eigenvalue weighted by Crippen LogP contribution is 2.28. The van der Waals surface area contributed by atoms with Crippen LogP contribution in [0.1, 0.15) is 57.4 Å². The second kappa shape index (κ2) is 13.2. The maximum atomic E-state index is 11.5. The number of sulfonamides is 1. The summed E-state index contributed by atoms with van der Waals surface area (Å²) in [4.78, 5) is 4.61. The Balaban J connectivity index is 0.00000392. The fourth-order valence-electron chi connectivity index (χ4n) is 3.53. The summed E-state index contributed by atoms with van der Waals surface area (Å²) in [5.74, 6) is 1.72. The van der Waals surface area contributed by atoms with E-state index in [1.54, 1.807) is 6.07 Å². The second-order valence-electron chi connectivity index (χ2n) is 7.30. The quantitative estimate of drug-likeness (QED) is 0.187. The zero-order chi connectivity index (χ0) is 19.5. The molecule has 0 amide bonds. The maximum Gasteiger partial charge on any atom is 0.229 e. The van der Waals surface area contributed by atoms with Crippen molar-refractivity contribution < 1.29 is 8.42 Å². The van der Waals surface area contributed by atoms with E-state index in [-0.39, 0.29) is 24.0 Å². The lowest BCUT2D eigenvalue weighted by Gasteiger charge is -2.13. The summed E-state index contributed by atoms with van der Waals surface area (Å²) in [7, 11) is -3.31. The predicted molar refractivity (Wildman–Crippen MR) is 129 cm³/mol. The van der Waals surface area contributed by atoms with Crippen molar-refractivity contribution in [2.24, 2.45) is 10.9 Å². The Hall–Kier alpha value is -1.03. The number of hydrogen-bond acceptors (Lipinski definition) is 3. The van der Waals surface area contributed by atoms with E-state index in [4.69, 9.17) is 0 Å². The number of guanidine groups is 1. The summed E-state index contributed by atoms with van der Waals surface area (Å²) in [5.41, 5.74) is 1.43. The van der Waals surface area contributed by atoms with E-state index in [0.29, 0.717) is 12.2 Å². The van der Waals surface area contributed by atoms with Crippen molar-refractivity contribution in [3.8, 4) is 0 Å². The molecule has 1 aliphatic carbocycles. The highest BCUT2D eigenvalue weighted by Gasteiger charge is 2.13. The van der Waals surface area contributed by atoms with Crippen LogP contribution in [0.15, 0.2) is 29.3 Å². The molecule has 0 aromatic heterocycles. The van der Waals surface area contributed by atoms with Gasteiger partial charge >= 0.3 is 0 Å². The van der Waals surface area contributed by atoms with Gasteiger partial charge in [-0.1, -0.05) is 56.7 Å². The van der Waals surface area contributed by atoms with Gasteiger partial charge in [0.05, 0.1) is 18.5 Å². The van der Waals surface area contributed by atoms with Crippen LogP contribution in [0, 0.1) is 5.92 Å². The molecule has 0 unspecified atom stereocenters. The van der Waals surface area contributed by atoms with Crippen LogP contribution in [-0.4, -0.2) is 33.7 Å². The zero-order valence-corrected chi connectivity index (χ0v) is 20.2. The smallest absolute Gasteiger partial charge is 0.229 e. The Labute approximate surface area is 187 Å². The lowest BCUT2D eigenvalue weighted by molar-refractivity contribution is 0.472. The summed E-state index contributed by atoms with van der Waals surface area (Å²) < 4.78 is 25.6. The van der Waals surface area contributed by atoms with Gasteiger partial charge in [-0.3, -0.25) is 4.72 Å². The lowest BCUT2D eigenvalue weighted by Crippen LogP contribution is -2.37. The monoisotopic (exact) mass is 522 g/mol. The highest BCUT2D eigenvalue weighted by atomic mass is 127. The first kappa shape index (κ1) is 25.0. The van der Waals surface area contributed by atoms with Gasteiger partial charge in [0.15, 0.2) is 5.96 Å². The molecule has 3 N–H and O–H groups in total. The second-order valence-corrected chi connectivity index (χ2v) is 9.05. The lowest BCUT2D eigenvalue weighted by atomic mass is 10.0. The molecule has 8 heteroatoms. The zero-order valence-electron chi connectivity index (χ0n) is 17.0. The molecule has 0 heterocycles. The summed E-state index contributed by atoms with van der Waals surface area (Å²) >= 11 is 0. The van der Waals surface area contributed by atoms with Crippen LogP contribution in [-0.2, 0) is 16.6 Å². The predicted octanol–water partition coefficient (Wildman–Crippen LogP) is 4.09. The number of rotatable bonds is 10. The average Bonchev–Trinajstić information content (AvgIpc) is 3.12. The van der Waals surface area contributed by atoms with Crippen LogP contribution in [0.4, 0.5) is 5.69 Å². The third-order valence-electron chi connectivity index (χ3n) is 4.87. The first-order valence-electron chi connectivity index (χ1n) is 10.1. The molecule has 0 bridgehead atoms. The van der Waals surface area contributed by atoms with Gasteiger partial charge < -0.3 is 10.6 Å². The van der Waals surface area contributed by atoms with Crippen molar-refractivity contribution in [2.45, 2.75) is 58.4 Å². The van der Waals surface area contributed by atoms with Crippen LogP contribution >= 0.6 is 24.0 Å². The van der Waals surface area contributed by atoms with Crippen molar-refractivity contribution in [1.29, 1.82) is 0 Å². The fraction of sp³-hybridized carbons (Fsp3) is 0.650. The number of para-hydroxylation sites is 1. The van der Waals surface area contributed by atoms with Crippen LogP contribution in [0.25, 0.3) is 0 Å². The average molecular weight is 522 g/mol. The topological polar surface area (TPSA) is 82.6 Å². The van der Waals surface area contributed by atoms with Crippen LogP contribution in [0.3, 0.4) is 0 Å². The van der Waals surface area contributed by atoms with E-state index in [0.717, 1.165) is 43.2 Å². The normalized spacial score (nSPS) is 15.1. The van der Waals surface area contributed by atoms with Gasteiger partial charge in [-0.05, 0) is 30.9 Å². The number of benzene rings is 1. The first-order valence-corrected chi connectivity index (χ1v) is 11.9. The third-order valence-corrected chi connectivity index (χ3v) is 5.46. The molecule has 0 aliphatic heterocycles. The van der Waals surface area contributed by atoms with E-state index >= 15 is 0 Å². The number of aliphatic imine (C=N–C) groups is 1. The number of anilines is 1. The molecular formula is C20H35IN4O2S. The SMILES string of the molecule is CCNC(=NCc1ccccc1NS(C)(=O)=O)NCCCCC1CCCC1.I. The van der Waals surface area contributed by atoms with Gasteiger partial charge in [-0.15, -0.1) is 24.0 Å². The standard InChI is InChI=1S/C20H34N4O2S.HI/c1-3-21-20(22-15-9-8-12-17-10-4-5-11-17)23-16-18-13-6-7-14-19(18)24-27(2,25)26;/h6-7,13-14,17,24H,3-5,8-12,15-16H2,1-2H3,(H2,21,22,23);1H. The molecule has 6 nitrogen and oxygen atoms in total. The molecule has 1 aromatic rings. The summed E-state index contributed by atoms with van der Waals surface area (Å²) in [6.45, 7) is 4.14. The number of hydrogen-bond donors (Lipinski definition) is 3. The molecule has 28 heavy (non-hydrogen) atoms. The minimum Gasteiger partial charge on any atom is -0.357 e. The fourth-order valence-corrected chi connectivity index (χ4v) is 4.13. The van der Waals surface area contributed by atoms with Crippen LogP contribution < -0.4 is 15.4 Å². The Kier molecular flexibility index (Phi) is 11.8. The number of nitrogens with one attached hydrogen (secondary N) is 3. The molecule has 2 rings (SSSR count). The maximum absolute atomic E-state index is 11.5. The third kappa shape index (κ3) is 9.95. The molecule has 1 saturated carbocycles. The molecule has 160 valence electrons. The van der Waals surface area contributed by atoms with E-state index < -0.39 is 10.0 Å². The van der Waals surface area contributed by atoms with E-state index in [9.17, 15) is 8.42 Å². The first-order chi connectivity index (χ1) is 13.0. The number of nitrogens with zero attached hydrogens (tertiary/aromatic N) is 1. The molecular weight excluding hydrogens is 487 g/mol. The van der Waals surface area contributed by atoms with Crippen molar-refractivity contribution in [2.75, 3.05) is 24.1 Å². The molecule has 1 aromatic carbocycles. The minimum atomic E-state index is -3.31. The summed E-state index contributed by atoms with van der Waals surface area (Å²) in [5, 5.41) is 6.64. The summed E-state index contributed by atoms with van der Waals surface area (Å²) in [6.07, 6.45) is 10.6. The van der Waals surface area contributed by atoms with Crippen molar-refractivity contribution in [3.05, 3.63) is 29.8 Å². The van der Waals surface area contributed by atoms with Gasteiger partial charge in [0, 0.05) is 13.1 Å². The Morgan fingerprint density at radius 1 is 1.14 bits per heavy atom. The van der Waals surface area contributed by atoms with E-state index in [2.05, 4.69) is 20.3 Å². The van der Waals surface area contributed by atoms with Gasteiger partial charge in [-0.25, -0.2) is 13.4 Å². The molecule has 0 atom stereocenters. The Morgan fingerprint density at radius 2 is 1.86 bits per heavy atom. The molecule has 1 fully saturated rings. The largest absolute Gasteiger partial charge is 0.357 e. The Bertz CT molecular complexity index is 704. The van der Waals surface area contributed by atoms with Crippen molar-refractivity contribution in [3.63, 3.8) is 0 Å². The molecule has 0 saturated heterocycles. The molecule has 0 spiro atoms. The van der Waals surface area contributed by atoms with Gasteiger partial charge in [0.2, 0.25) is 10.0 Å². The minimum absolute atomic E-state index is 0. The van der Waals surface area contributed by atoms with Gasteiger partial charge in [0.25, 0.3) is 0 Å². The van der Waals surface area contributed by atoms with Crippen LogP contribution in [0.2, 0.25) is 0 Å². The molecule has 0 radical (unpaired) electrons. The highest BCUT2D eigenvalue weighted by molar-refractivity contribution is 14.0. The Morgan fingerprint density at radius 3 is 2.54 bits per heavy atom. The van der Waals surface area contributed by atoms with E-state index in [1.165, 1.54) is 38.5 Å². The van der Waals surface area contributed by atoms with Gasteiger partial charge in [0.1, 0.15) is 0 Å². The summed E-state index contributed by atoms with van der Waals surface area (Å²) in [6, 6.07) is 7.35. The van der Waals surface area contributed by atoms with Crippen molar-refractivity contribution >= 4 is 45.6 Å². The van der Waals surface area contributed by atoms with Crippen molar-refractivity contribution in [1.82, 2.24) is 10.6 Å². The van der Waals surface area contributed by atoms with E-state index in [1.807, 2.05) is 25.1 Å².